The summed E-state index contributed by atoms with van der Waals surface area (Å²) >= 11 is 0. The van der Waals surface area contributed by atoms with Crippen molar-refractivity contribution in [3.63, 3.8) is 0 Å². The molecule has 1 aliphatic heterocycles. The molecule has 5 nitrogen and oxygen atoms in total. The highest BCUT2D eigenvalue weighted by Crippen LogP contribution is 2.31. The minimum atomic E-state index is -0.923. The third-order valence-corrected chi connectivity index (χ3v) is 7.06. The summed E-state index contributed by atoms with van der Waals surface area (Å²) in [6.45, 7) is 0.334. The van der Waals surface area contributed by atoms with Gasteiger partial charge in [-0.15, -0.1) is 0 Å². The van der Waals surface area contributed by atoms with Gasteiger partial charge in [0.2, 0.25) is 5.91 Å². The molecule has 1 heterocycles. The predicted octanol–water partition coefficient (Wildman–Crippen LogP) is 5.82. The number of ether oxygens (including phenoxy) is 1. The monoisotopic (exact) mass is 498 g/mol. The number of hydrogen-bond acceptors (Lipinski definition) is 3. The molecule has 0 saturated heterocycles. The first-order valence-corrected chi connectivity index (χ1v) is 12.9. The van der Waals surface area contributed by atoms with Crippen LogP contribution >= 0.6 is 0 Å². The fourth-order valence-corrected chi connectivity index (χ4v) is 5.13. The van der Waals surface area contributed by atoms with E-state index in [1.54, 1.807) is 17.0 Å². The van der Waals surface area contributed by atoms with E-state index in [9.17, 15) is 14.0 Å². The van der Waals surface area contributed by atoms with Crippen LogP contribution in [0.3, 0.4) is 0 Å². The maximum atomic E-state index is 14.1. The number of hydrogen-bond donors (Lipinski definition) is 1. The molecule has 1 aliphatic carbocycles. The molecule has 37 heavy (non-hydrogen) atoms. The number of fused-ring (bicyclic) bond motifs is 1. The average molecular weight is 499 g/mol. The molecular weight excluding hydrogens is 467 g/mol. The van der Waals surface area contributed by atoms with Gasteiger partial charge in [-0.25, -0.2) is 4.39 Å². The van der Waals surface area contributed by atoms with E-state index < -0.39 is 11.9 Å². The SMILES string of the molecule is O=C(NC1CCCCC1)[C@@H](c1ccc(F)cc1)N(Cc1ccccc1)C(=O)C1=Cc2ccccc2OC1. The number of carbonyl (C=O) groups is 2. The van der Waals surface area contributed by atoms with E-state index in [4.69, 9.17) is 4.74 Å². The summed E-state index contributed by atoms with van der Waals surface area (Å²) in [6, 6.07) is 22.1. The van der Waals surface area contributed by atoms with Crippen molar-refractivity contribution in [2.45, 2.75) is 50.7 Å². The molecular formula is C31H31FN2O3. The minimum absolute atomic E-state index is 0.0713. The number of carbonyl (C=O) groups excluding carboxylic acids is 2. The Morgan fingerprint density at radius 1 is 0.919 bits per heavy atom. The van der Waals surface area contributed by atoms with Gasteiger partial charge >= 0.3 is 0 Å². The van der Waals surface area contributed by atoms with Crippen molar-refractivity contribution in [3.05, 3.63) is 107 Å². The van der Waals surface area contributed by atoms with Crippen LogP contribution in [0.4, 0.5) is 4.39 Å². The zero-order chi connectivity index (χ0) is 25.6. The Morgan fingerprint density at radius 2 is 1.62 bits per heavy atom. The Kier molecular flexibility index (Phi) is 7.64. The van der Waals surface area contributed by atoms with E-state index in [1.165, 1.54) is 18.6 Å². The summed E-state index contributed by atoms with van der Waals surface area (Å²) in [6.07, 6.45) is 6.99. The van der Waals surface area contributed by atoms with Crippen LogP contribution in [0, 0.1) is 5.82 Å². The number of rotatable bonds is 7. The van der Waals surface area contributed by atoms with Crippen LogP contribution < -0.4 is 10.1 Å². The van der Waals surface area contributed by atoms with Gasteiger partial charge in [0.15, 0.2) is 0 Å². The van der Waals surface area contributed by atoms with Gasteiger partial charge in [-0.2, -0.15) is 0 Å². The predicted molar refractivity (Wildman–Crippen MR) is 141 cm³/mol. The highest BCUT2D eigenvalue weighted by atomic mass is 19.1. The summed E-state index contributed by atoms with van der Waals surface area (Å²) in [5.74, 6) is -0.207. The molecule has 0 aromatic heterocycles. The summed E-state index contributed by atoms with van der Waals surface area (Å²) < 4.78 is 19.7. The number of benzene rings is 3. The smallest absolute Gasteiger partial charge is 0.254 e. The standard InChI is InChI=1S/C31H31FN2O3/c32-26-17-15-23(16-18-26)29(30(35)33-27-12-5-2-6-13-27)34(20-22-9-3-1-4-10-22)31(36)25-19-24-11-7-8-14-28(24)37-21-25/h1,3-4,7-11,14-19,27,29H,2,5-6,12-13,20-21H2,(H,33,35)/t29-/m1/s1. The van der Waals surface area contributed by atoms with Crippen molar-refractivity contribution >= 4 is 17.9 Å². The van der Waals surface area contributed by atoms with Crippen LogP contribution in [0.25, 0.3) is 6.08 Å². The van der Waals surface area contributed by atoms with Gasteiger partial charge < -0.3 is 15.0 Å². The zero-order valence-corrected chi connectivity index (χ0v) is 20.7. The lowest BCUT2D eigenvalue weighted by atomic mass is 9.94. The quantitative estimate of drug-likeness (QED) is 0.447. The first-order chi connectivity index (χ1) is 18.1. The highest BCUT2D eigenvalue weighted by molar-refractivity contribution is 6.01. The zero-order valence-electron chi connectivity index (χ0n) is 20.7. The summed E-state index contributed by atoms with van der Waals surface area (Å²) in [5.41, 5.74) is 2.75. The largest absolute Gasteiger partial charge is 0.488 e. The van der Waals surface area contributed by atoms with Crippen molar-refractivity contribution in [3.8, 4) is 5.75 Å². The lowest BCUT2D eigenvalue weighted by molar-refractivity contribution is -0.139. The molecule has 3 aromatic rings. The van der Waals surface area contributed by atoms with Gasteiger partial charge in [-0.05, 0) is 48.2 Å². The topological polar surface area (TPSA) is 58.6 Å². The molecule has 2 amide bonds. The van der Waals surface area contributed by atoms with Gasteiger partial charge in [-0.3, -0.25) is 9.59 Å². The second kappa shape index (κ2) is 11.4. The lowest BCUT2D eigenvalue weighted by Gasteiger charge is -2.34. The maximum Gasteiger partial charge on any atom is 0.254 e. The van der Waals surface area contributed by atoms with Crippen LogP contribution in [0.1, 0.15) is 54.8 Å². The van der Waals surface area contributed by atoms with Crippen LogP contribution in [-0.2, 0) is 16.1 Å². The number of nitrogens with one attached hydrogen (secondary N) is 1. The van der Waals surface area contributed by atoms with Gasteiger partial charge in [0, 0.05) is 18.2 Å². The van der Waals surface area contributed by atoms with Crippen molar-refractivity contribution in [1.82, 2.24) is 10.2 Å². The Balaban J connectivity index is 1.53. The molecule has 190 valence electrons. The van der Waals surface area contributed by atoms with E-state index in [0.717, 1.165) is 42.6 Å². The molecule has 0 bridgehead atoms. The Morgan fingerprint density at radius 3 is 2.38 bits per heavy atom. The number of nitrogens with zero attached hydrogens (tertiary/aromatic N) is 1. The maximum absolute atomic E-state index is 14.1. The Labute approximate surface area is 217 Å². The fourth-order valence-electron chi connectivity index (χ4n) is 5.13. The van der Waals surface area contributed by atoms with E-state index in [0.29, 0.717) is 11.1 Å². The number of amides is 2. The highest BCUT2D eigenvalue weighted by Gasteiger charge is 2.35. The minimum Gasteiger partial charge on any atom is -0.488 e. The van der Waals surface area contributed by atoms with E-state index in [2.05, 4.69) is 5.32 Å². The number of para-hydroxylation sites is 1. The van der Waals surface area contributed by atoms with Crippen LogP contribution in [0.15, 0.2) is 84.4 Å². The van der Waals surface area contributed by atoms with Crippen LogP contribution in [0.5, 0.6) is 5.75 Å². The molecule has 3 aromatic carbocycles. The van der Waals surface area contributed by atoms with Crippen molar-refractivity contribution < 1.29 is 18.7 Å². The molecule has 0 spiro atoms. The fraction of sp³-hybridized carbons (Fsp3) is 0.290. The number of halogens is 1. The molecule has 5 rings (SSSR count). The summed E-state index contributed by atoms with van der Waals surface area (Å²) in [4.78, 5) is 29.6. The molecule has 0 radical (unpaired) electrons. The Hall–Kier alpha value is -3.93. The van der Waals surface area contributed by atoms with Crippen LogP contribution in [-0.4, -0.2) is 29.4 Å². The average Bonchev–Trinajstić information content (AvgIpc) is 2.94. The molecule has 1 saturated carbocycles. The van der Waals surface area contributed by atoms with Gasteiger partial charge in [0.05, 0.1) is 5.57 Å². The van der Waals surface area contributed by atoms with E-state index in [-0.39, 0.29) is 31.0 Å². The van der Waals surface area contributed by atoms with Gasteiger partial charge in [0.1, 0.15) is 24.2 Å². The van der Waals surface area contributed by atoms with Gasteiger partial charge in [-0.1, -0.05) is 79.9 Å². The second-order valence-corrected chi connectivity index (χ2v) is 9.71. The van der Waals surface area contributed by atoms with Gasteiger partial charge in [0.25, 0.3) is 5.91 Å². The normalized spacial score (nSPS) is 16.1. The van der Waals surface area contributed by atoms with E-state index in [1.807, 2.05) is 60.7 Å². The van der Waals surface area contributed by atoms with Crippen molar-refractivity contribution in [2.75, 3.05) is 6.61 Å². The first-order valence-electron chi connectivity index (χ1n) is 12.9. The summed E-state index contributed by atoms with van der Waals surface area (Å²) in [7, 11) is 0. The Bertz CT molecular complexity index is 1270. The molecule has 1 atom stereocenters. The van der Waals surface area contributed by atoms with E-state index >= 15 is 0 Å². The van der Waals surface area contributed by atoms with Crippen molar-refractivity contribution in [2.24, 2.45) is 0 Å². The molecule has 1 N–H and O–H groups in total. The lowest BCUT2D eigenvalue weighted by Crippen LogP contribution is -2.47. The first kappa shape index (κ1) is 24.8. The molecule has 1 fully saturated rings. The third-order valence-electron chi connectivity index (χ3n) is 7.06. The van der Waals surface area contributed by atoms with Crippen LogP contribution in [0.2, 0.25) is 0 Å². The molecule has 6 heteroatoms. The second-order valence-electron chi connectivity index (χ2n) is 9.71. The molecule has 0 unspecified atom stereocenters. The third kappa shape index (κ3) is 5.91. The molecule has 2 aliphatic rings. The summed E-state index contributed by atoms with van der Waals surface area (Å²) in [5, 5.41) is 3.19. The van der Waals surface area contributed by atoms with Crippen molar-refractivity contribution in [1.29, 1.82) is 0 Å².